The zero-order valence-electron chi connectivity index (χ0n) is 18.6. The van der Waals surface area contributed by atoms with Crippen LogP contribution in [0.5, 0.6) is 11.5 Å². The van der Waals surface area contributed by atoms with E-state index in [0.717, 1.165) is 30.3 Å². The summed E-state index contributed by atoms with van der Waals surface area (Å²) in [5.74, 6) is 2.84. The second-order valence-corrected chi connectivity index (χ2v) is 8.36. The number of nitrogens with zero attached hydrogens (tertiary/aromatic N) is 1. The van der Waals surface area contributed by atoms with E-state index in [1.165, 1.54) is 55.4 Å². The molecule has 29 heavy (non-hydrogen) atoms. The summed E-state index contributed by atoms with van der Waals surface area (Å²) in [5, 5.41) is 0. The molecule has 0 saturated heterocycles. The number of dihydropyridines is 1. The van der Waals surface area contributed by atoms with Gasteiger partial charge in [-0.25, -0.2) is 0 Å². The Morgan fingerprint density at radius 3 is 2.48 bits per heavy atom. The molecule has 2 aliphatic rings. The monoisotopic (exact) mass is 395 g/mol. The maximum Gasteiger partial charge on any atom is 0.161 e. The fourth-order valence-electron chi connectivity index (χ4n) is 4.90. The fraction of sp³-hybridized carbons (Fsp3) is 0.577. The molecule has 3 nitrogen and oxygen atoms in total. The number of ether oxygens (including phenoxy) is 2. The van der Waals surface area contributed by atoms with Gasteiger partial charge in [-0.3, -0.25) is 4.99 Å². The third kappa shape index (κ3) is 5.32. The summed E-state index contributed by atoms with van der Waals surface area (Å²) >= 11 is 0. The number of aliphatic imine (C=N–C) groups is 1. The highest BCUT2D eigenvalue weighted by Crippen LogP contribution is 2.38. The molecule has 1 aliphatic heterocycles. The first-order valence-corrected chi connectivity index (χ1v) is 11.3. The number of methoxy groups -OCH3 is 2. The minimum Gasteiger partial charge on any atom is -0.493 e. The van der Waals surface area contributed by atoms with E-state index in [4.69, 9.17) is 14.5 Å². The predicted molar refractivity (Wildman–Crippen MR) is 123 cm³/mol. The Morgan fingerprint density at radius 2 is 1.83 bits per heavy atom. The molecule has 1 aliphatic carbocycles. The highest BCUT2D eigenvalue weighted by molar-refractivity contribution is 6.03. The fourth-order valence-corrected chi connectivity index (χ4v) is 4.90. The molecule has 3 heteroatoms. The maximum atomic E-state index is 5.57. The Hall–Kier alpha value is -2.03. The van der Waals surface area contributed by atoms with E-state index in [9.17, 15) is 0 Å². The van der Waals surface area contributed by atoms with Gasteiger partial charge in [-0.2, -0.15) is 0 Å². The molecular formula is C26H37NO2. The summed E-state index contributed by atoms with van der Waals surface area (Å²) in [5.41, 5.74) is 3.85. The molecule has 0 amide bonds. The molecule has 1 heterocycles. The van der Waals surface area contributed by atoms with Crippen molar-refractivity contribution in [3.05, 3.63) is 42.0 Å². The molecule has 2 atom stereocenters. The number of rotatable bonds is 8. The second-order valence-electron chi connectivity index (χ2n) is 8.36. The Labute approximate surface area is 176 Å². The SMILES string of the molecule is CC=CC1N=C(CCC2CCCCC2)C=C(c2ccc(OC)c(OC)c2)C1CC. The number of benzene rings is 1. The molecular weight excluding hydrogens is 358 g/mol. The van der Waals surface area contributed by atoms with E-state index in [1.54, 1.807) is 14.2 Å². The van der Waals surface area contributed by atoms with Gasteiger partial charge in [0, 0.05) is 11.6 Å². The van der Waals surface area contributed by atoms with E-state index in [0.29, 0.717) is 5.92 Å². The van der Waals surface area contributed by atoms with Crippen LogP contribution in [-0.2, 0) is 0 Å². The standard InChI is InChI=1S/C26H37NO2/c1-5-10-24-22(6-2)23(20-14-16-25(28-3)26(17-20)29-4)18-21(27-24)15-13-19-11-8-7-9-12-19/h5,10,14,16-19,22,24H,6-9,11-13,15H2,1-4H3. The van der Waals surface area contributed by atoms with Crippen LogP contribution in [0.4, 0.5) is 0 Å². The van der Waals surface area contributed by atoms with Gasteiger partial charge in [0.2, 0.25) is 0 Å². The lowest BCUT2D eigenvalue weighted by molar-refractivity contribution is 0.343. The highest BCUT2D eigenvalue weighted by atomic mass is 16.5. The van der Waals surface area contributed by atoms with Crippen LogP contribution in [0.2, 0.25) is 0 Å². The van der Waals surface area contributed by atoms with Crippen LogP contribution >= 0.6 is 0 Å². The Morgan fingerprint density at radius 1 is 1.07 bits per heavy atom. The second kappa shape index (κ2) is 10.7. The van der Waals surface area contributed by atoms with Crippen LogP contribution < -0.4 is 9.47 Å². The molecule has 0 aromatic heterocycles. The van der Waals surface area contributed by atoms with Crippen molar-refractivity contribution >= 4 is 11.3 Å². The number of hydrogen-bond donors (Lipinski definition) is 0. The van der Waals surface area contributed by atoms with Crippen molar-refractivity contribution in [3.8, 4) is 11.5 Å². The van der Waals surface area contributed by atoms with Crippen molar-refractivity contribution in [1.82, 2.24) is 0 Å². The summed E-state index contributed by atoms with van der Waals surface area (Å²) in [4.78, 5) is 5.16. The molecule has 1 fully saturated rings. The summed E-state index contributed by atoms with van der Waals surface area (Å²) in [6.45, 7) is 4.36. The molecule has 1 aromatic carbocycles. The highest BCUT2D eigenvalue weighted by Gasteiger charge is 2.27. The summed E-state index contributed by atoms with van der Waals surface area (Å²) < 4.78 is 11.0. The summed E-state index contributed by atoms with van der Waals surface area (Å²) in [7, 11) is 3.39. The van der Waals surface area contributed by atoms with Gasteiger partial charge in [-0.05, 0) is 61.4 Å². The average Bonchev–Trinajstić information content (AvgIpc) is 2.77. The first kappa shape index (κ1) is 21.7. The molecule has 158 valence electrons. The van der Waals surface area contributed by atoms with Crippen molar-refractivity contribution in [2.75, 3.05) is 14.2 Å². The van der Waals surface area contributed by atoms with E-state index in [1.807, 2.05) is 6.07 Å². The van der Waals surface area contributed by atoms with Crippen LogP contribution in [0.1, 0.15) is 70.8 Å². The maximum absolute atomic E-state index is 5.57. The molecule has 1 saturated carbocycles. The molecule has 0 spiro atoms. The minimum absolute atomic E-state index is 0.222. The van der Waals surface area contributed by atoms with Gasteiger partial charge in [0.1, 0.15) is 0 Å². The molecule has 1 aromatic rings. The van der Waals surface area contributed by atoms with Crippen LogP contribution in [-0.4, -0.2) is 26.0 Å². The quantitative estimate of drug-likeness (QED) is 0.449. The lowest BCUT2D eigenvalue weighted by Crippen LogP contribution is -2.24. The van der Waals surface area contributed by atoms with E-state index < -0.39 is 0 Å². The van der Waals surface area contributed by atoms with Gasteiger partial charge in [0.15, 0.2) is 11.5 Å². The first-order valence-electron chi connectivity index (χ1n) is 11.3. The van der Waals surface area contributed by atoms with Gasteiger partial charge < -0.3 is 9.47 Å². The van der Waals surface area contributed by atoms with E-state index in [-0.39, 0.29) is 6.04 Å². The summed E-state index contributed by atoms with van der Waals surface area (Å²) in [6.07, 6.45) is 17.2. The van der Waals surface area contributed by atoms with Gasteiger partial charge in [-0.15, -0.1) is 0 Å². The van der Waals surface area contributed by atoms with Gasteiger partial charge in [0.05, 0.1) is 20.3 Å². The molecule has 3 rings (SSSR count). The van der Waals surface area contributed by atoms with Crippen molar-refractivity contribution in [2.45, 2.75) is 71.3 Å². The first-order chi connectivity index (χ1) is 14.2. The lowest BCUT2D eigenvalue weighted by atomic mass is 9.80. The minimum atomic E-state index is 0.222. The lowest BCUT2D eigenvalue weighted by Gasteiger charge is -2.30. The van der Waals surface area contributed by atoms with Gasteiger partial charge in [-0.1, -0.05) is 57.2 Å². The molecule has 0 radical (unpaired) electrons. The largest absolute Gasteiger partial charge is 0.493 e. The van der Waals surface area contributed by atoms with Crippen molar-refractivity contribution in [3.63, 3.8) is 0 Å². The normalized spacial score (nSPS) is 23.0. The summed E-state index contributed by atoms with van der Waals surface area (Å²) in [6, 6.07) is 6.51. The van der Waals surface area contributed by atoms with Gasteiger partial charge >= 0.3 is 0 Å². The number of allylic oxidation sites excluding steroid dienone is 2. The van der Waals surface area contributed by atoms with E-state index >= 15 is 0 Å². The Kier molecular flexibility index (Phi) is 7.97. The van der Waals surface area contributed by atoms with Crippen molar-refractivity contribution in [1.29, 1.82) is 0 Å². The Balaban J connectivity index is 1.89. The van der Waals surface area contributed by atoms with Crippen molar-refractivity contribution < 1.29 is 9.47 Å². The van der Waals surface area contributed by atoms with Crippen LogP contribution in [0.15, 0.2) is 41.4 Å². The van der Waals surface area contributed by atoms with Gasteiger partial charge in [0.25, 0.3) is 0 Å². The third-order valence-electron chi connectivity index (χ3n) is 6.53. The van der Waals surface area contributed by atoms with E-state index in [2.05, 4.69) is 44.2 Å². The van der Waals surface area contributed by atoms with Crippen LogP contribution in [0.3, 0.4) is 0 Å². The topological polar surface area (TPSA) is 30.8 Å². The average molecular weight is 396 g/mol. The number of hydrogen-bond acceptors (Lipinski definition) is 3. The zero-order chi connectivity index (χ0) is 20.6. The predicted octanol–water partition coefficient (Wildman–Crippen LogP) is 6.87. The van der Waals surface area contributed by atoms with Crippen molar-refractivity contribution in [2.24, 2.45) is 16.8 Å². The Bertz CT molecular complexity index is 756. The smallest absolute Gasteiger partial charge is 0.161 e. The van der Waals surface area contributed by atoms with Crippen LogP contribution in [0.25, 0.3) is 5.57 Å². The zero-order valence-corrected chi connectivity index (χ0v) is 18.6. The molecule has 2 unspecified atom stereocenters. The molecule has 0 bridgehead atoms. The third-order valence-corrected chi connectivity index (χ3v) is 6.53. The molecule has 0 N–H and O–H groups in total. The van der Waals surface area contributed by atoms with Crippen LogP contribution in [0, 0.1) is 11.8 Å².